The van der Waals surface area contributed by atoms with E-state index in [1.807, 2.05) is 20.8 Å². The summed E-state index contributed by atoms with van der Waals surface area (Å²) in [5, 5.41) is 5.87. The fourth-order valence-electron chi connectivity index (χ4n) is 1.38. The van der Waals surface area contributed by atoms with Gasteiger partial charge in [0, 0.05) is 6.54 Å². The van der Waals surface area contributed by atoms with E-state index in [1.54, 1.807) is 6.92 Å². The summed E-state index contributed by atoms with van der Waals surface area (Å²) in [6.45, 7) is 8.63. The Bertz CT molecular complexity index is 453. The molecule has 0 aliphatic rings. The maximum Gasteiger partial charge on any atom is 0.325 e. The molecular weight excluding hydrogens is 274 g/mol. The Morgan fingerprint density at radius 3 is 2.38 bits per heavy atom. The topological polar surface area (TPSA) is 98.3 Å². The first-order valence-electron chi connectivity index (χ1n) is 7.11. The Balaban J connectivity index is 2.77. The molecule has 0 atom stereocenters. The van der Waals surface area contributed by atoms with Gasteiger partial charge in [0.25, 0.3) is 0 Å². The molecule has 0 aliphatic carbocycles. The van der Waals surface area contributed by atoms with Gasteiger partial charge in [-0.3, -0.25) is 4.79 Å². The average Bonchev–Trinajstić information content (AvgIpc) is 2.42. The smallest absolute Gasteiger partial charge is 0.325 e. The maximum absolute atomic E-state index is 11.3. The molecule has 0 saturated heterocycles. The lowest BCUT2D eigenvalue weighted by Gasteiger charge is -2.11. The van der Waals surface area contributed by atoms with Gasteiger partial charge in [-0.05, 0) is 27.2 Å². The number of carbonyl (C=O) groups excluding carboxylic acids is 1. The molecule has 0 radical (unpaired) electrons. The normalized spacial score (nSPS) is 10.3. The Morgan fingerprint density at radius 2 is 1.81 bits per heavy atom. The first-order chi connectivity index (χ1) is 10.0. The van der Waals surface area contributed by atoms with Crippen molar-refractivity contribution in [2.24, 2.45) is 0 Å². The monoisotopic (exact) mass is 297 g/mol. The van der Waals surface area contributed by atoms with E-state index < -0.39 is 0 Å². The molecule has 118 valence electrons. The summed E-state index contributed by atoms with van der Waals surface area (Å²) >= 11 is 0. The van der Waals surface area contributed by atoms with Crippen molar-refractivity contribution < 1.29 is 14.3 Å². The van der Waals surface area contributed by atoms with Crippen LogP contribution in [0.3, 0.4) is 0 Å². The van der Waals surface area contributed by atoms with Crippen LogP contribution in [0.1, 0.15) is 34.1 Å². The molecule has 8 nitrogen and oxygen atoms in total. The number of esters is 1. The van der Waals surface area contributed by atoms with Crippen LogP contribution in [-0.4, -0.2) is 46.7 Å². The summed E-state index contributed by atoms with van der Waals surface area (Å²) in [5.74, 6) is 0.313. The lowest BCUT2D eigenvalue weighted by molar-refractivity contribution is -0.140. The second-order valence-electron chi connectivity index (χ2n) is 4.52. The van der Waals surface area contributed by atoms with Gasteiger partial charge in [0.15, 0.2) is 0 Å². The fourth-order valence-corrected chi connectivity index (χ4v) is 1.38. The largest absolute Gasteiger partial charge is 0.465 e. The summed E-state index contributed by atoms with van der Waals surface area (Å²) in [6, 6.07) is 0.213. The number of hydrogen-bond donors (Lipinski definition) is 2. The number of anilines is 2. The predicted octanol–water partition coefficient (Wildman–Crippen LogP) is 1.46. The van der Waals surface area contributed by atoms with E-state index in [0.29, 0.717) is 12.6 Å². The van der Waals surface area contributed by atoms with Gasteiger partial charge >= 0.3 is 12.0 Å². The summed E-state index contributed by atoms with van der Waals surface area (Å²) in [5.41, 5.74) is 0. The molecule has 0 fully saturated rings. The second kappa shape index (κ2) is 8.93. The van der Waals surface area contributed by atoms with Gasteiger partial charge in [0.05, 0.1) is 12.7 Å². The molecule has 1 aromatic heterocycles. The first-order valence-corrected chi connectivity index (χ1v) is 7.11. The Labute approximate surface area is 124 Å². The van der Waals surface area contributed by atoms with E-state index >= 15 is 0 Å². The number of rotatable bonds is 9. The fraction of sp³-hybridized carbons (Fsp3) is 0.692. The zero-order chi connectivity index (χ0) is 15.7. The number of nitrogens with zero attached hydrogens (tertiary/aromatic N) is 3. The summed E-state index contributed by atoms with van der Waals surface area (Å²) in [4.78, 5) is 23.8. The van der Waals surface area contributed by atoms with Crippen LogP contribution >= 0.6 is 0 Å². The van der Waals surface area contributed by atoms with Crippen molar-refractivity contribution >= 4 is 17.9 Å². The molecule has 0 aromatic carbocycles. The average molecular weight is 297 g/mol. The highest BCUT2D eigenvalue weighted by Gasteiger charge is 2.10. The molecule has 0 spiro atoms. The van der Waals surface area contributed by atoms with Gasteiger partial charge < -0.3 is 20.1 Å². The Hall–Kier alpha value is -2.12. The molecule has 1 rings (SSSR count). The van der Waals surface area contributed by atoms with Crippen molar-refractivity contribution in [2.75, 3.05) is 30.3 Å². The van der Waals surface area contributed by atoms with E-state index in [-0.39, 0.29) is 30.6 Å². The van der Waals surface area contributed by atoms with E-state index in [2.05, 4.69) is 25.6 Å². The van der Waals surface area contributed by atoms with Crippen LogP contribution in [0.4, 0.5) is 11.9 Å². The van der Waals surface area contributed by atoms with Gasteiger partial charge in [0.2, 0.25) is 11.9 Å². The molecule has 2 N–H and O–H groups in total. The molecule has 1 heterocycles. The first kappa shape index (κ1) is 16.9. The number of ether oxygens (including phenoxy) is 2. The SMILES string of the molecule is CCCNc1nc(NCC(=O)OCC)nc(OC(C)C)n1. The molecule has 0 unspecified atom stereocenters. The molecular formula is C13H23N5O3. The van der Waals surface area contributed by atoms with Crippen LogP contribution in [0, 0.1) is 0 Å². The van der Waals surface area contributed by atoms with Gasteiger partial charge in [0.1, 0.15) is 6.54 Å². The summed E-state index contributed by atoms with van der Waals surface area (Å²) in [7, 11) is 0. The highest BCUT2D eigenvalue weighted by Crippen LogP contribution is 2.12. The van der Waals surface area contributed by atoms with Crippen molar-refractivity contribution in [3.8, 4) is 6.01 Å². The van der Waals surface area contributed by atoms with Gasteiger partial charge in [-0.1, -0.05) is 6.92 Å². The van der Waals surface area contributed by atoms with Crippen molar-refractivity contribution in [3.05, 3.63) is 0 Å². The highest BCUT2D eigenvalue weighted by molar-refractivity contribution is 5.74. The molecule has 8 heteroatoms. The van der Waals surface area contributed by atoms with Crippen molar-refractivity contribution in [1.82, 2.24) is 15.0 Å². The third-order valence-corrected chi connectivity index (χ3v) is 2.19. The minimum atomic E-state index is -0.368. The van der Waals surface area contributed by atoms with Crippen LogP contribution in [0.2, 0.25) is 0 Å². The molecule has 21 heavy (non-hydrogen) atoms. The number of aromatic nitrogens is 3. The summed E-state index contributed by atoms with van der Waals surface area (Å²) < 4.78 is 10.3. The van der Waals surface area contributed by atoms with E-state index in [9.17, 15) is 4.79 Å². The number of carbonyl (C=O) groups is 1. The molecule has 0 bridgehead atoms. The quantitative estimate of drug-likeness (QED) is 0.661. The number of nitrogens with one attached hydrogen (secondary N) is 2. The molecule has 0 amide bonds. The molecule has 0 saturated carbocycles. The molecule has 0 aliphatic heterocycles. The van der Waals surface area contributed by atoms with Crippen LogP contribution < -0.4 is 15.4 Å². The van der Waals surface area contributed by atoms with Gasteiger partial charge in [-0.2, -0.15) is 15.0 Å². The number of hydrogen-bond acceptors (Lipinski definition) is 8. The van der Waals surface area contributed by atoms with Gasteiger partial charge in [-0.25, -0.2) is 0 Å². The third kappa shape index (κ3) is 6.73. The van der Waals surface area contributed by atoms with E-state index in [0.717, 1.165) is 13.0 Å². The van der Waals surface area contributed by atoms with Crippen molar-refractivity contribution in [3.63, 3.8) is 0 Å². The lowest BCUT2D eigenvalue weighted by Crippen LogP contribution is -2.19. The van der Waals surface area contributed by atoms with Crippen molar-refractivity contribution in [2.45, 2.75) is 40.2 Å². The van der Waals surface area contributed by atoms with E-state index in [1.165, 1.54) is 0 Å². The van der Waals surface area contributed by atoms with Crippen LogP contribution in [0.5, 0.6) is 6.01 Å². The zero-order valence-corrected chi connectivity index (χ0v) is 13.0. The maximum atomic E-state index is 11.3. The van der Waals surface area contributed by atoms with Crippen LogP contribution in [0.15, 0.2) is 0 Å². The predicted molar refractivity (Wildman–Crippen MR) is 79.5 cm³/mol. The Kier molecular flexibility index (Phi) is 7.20. The van der Waals surface area contributed by atoms with Gasteiger partial charge in [-0.15, -0.1) is 0 Å². The van der Waals surface area contributed by atoms with Crippen LogP contribution in [-0.2, 0) is 9.53 Å². The van der Waals surface area contributed by atoms with Crippen molar-refractivity contribution in [1.29, 1.82) is 0 Å². The zero-order valence-electron chi connectivity index (χ0n) is 13.0. The highest BCUT2D eigenvalue weighted by atomic mass is 16.5. The molecule has 1 aromatic rings. The minimum absolute atomic E-state index is 0.00775. The standard InChI is InChI=1S/C13H23N5O3/c1-5-7-14-11-16-12(15-8-10(19)20-6-2)18-13(17-11)21-9(3)4/h9H,5-8H2,1-4H3,(H2,14,15,16,17,18). The summed E-state index contributed by atoms with van der Waals surface area (Å²) in [6.07, 6.45) is 0.891. The van der Waals surface area contributed by atoms with Crippen LogP contribution in [0.25, 0.3) is 0 Å². The Morgan fingerprint density at radius 1 is 1.14 bits per heavy atom. The minimum Gasteiger partial charge on any atom is -0.465 e. The third-order valence-electron chi connectivity index (χ3n) is 2.19. The van der Waals surface area contributed by atoms with E-state index in [4.69, 9.17) is 9.47 Å². The second-order valence-corrected chi connectivity index (χ2v) is 4.52. The lowest BCUT2D eigenvalue weighted by atomic mass is 10.5.